The lowest BCUT2D eigenvalue weighted by atomic mass is 9.93. The van der Waals surface area contributed by atoms with Gasteiger partial charge in [0.2, 0.25) is 0 Å². The molecule has 3 nitrogen and oxygen atoms in total. The Bertz CT molecular complexity index is 1110. The standard InChI is InChI=1S/C24H18BrF3O3S/c25-21-14-17(10-11-22(21)31-15-23(29)30)32-13-12-18(16-6-2-1-3-7-16)19-8-4-5-9-20(19)24(26,27)28/h1-12,14H,13,15H2,(H,29,30). The number of carbonyl (C=O) groups is 1. The quantitative estimate of drug-likeness (QED) is 0.319. The van der Waals surface area contributed by atoms with Gasteiger partial charge >= 0.3 is 12.1 Å². The fraction of sp³-hybridized carbons (Fsp3) is 0.125. The van der Waals surface area contributed by atoms with E-state index in [2.05, 4.69) is 15.9 Å². The van der Waals surface area contributed by atoms with Gasteiger partial charge in [-0.1, -0.05) is 54.6 Å². The smallest absolute Gasteiger partial charge is 0.417 e. The van der Waals surface area contributed by atoms with Crippen molar-refractivity contribution < 1.29 is 27.8 Å². The summed E-state index contributed by atoms with van der Waals surface area (Å²) in [5.74, 6) is -0.248. The van der Waals surface area contributed by atoms with E-state index < -0.39 is 24.3 Å². The van der Waals surface area contributed by atoms with E-state index in [1.165, 1.54) is 23.9 Å². The first kappa shape index (κ1) is 23.9. The molecule has 8 heteroatoms. The van der Waals surface area contributed by atoms with Gasteiger partial charge in [-0.3, -0.25) is 0 Å². The highest BCUT2D eigenvalue weighted by Crippen LogP contribution is 2.37. The van der Waals surface area contributed by atoms with Gasteiger partial charge in [-0.15, -0.1) is 11.8 Å². The Kier molecular flexibility index (Phi) is 8.04. The number of alkyl halides is 3. The monoisotopic (exact) mass is 522 g/mol. The van der Waals surface area contributed by atoms with Crippen LogP contribution in [0.5, 0.6) is 5.75 Å². The van der Waals surface area contributed by atoms with Crippen molar-refractivity contribution in [2.24, 2.45) is 0 Å². The molecule has 3 aromatic rings. The molecule has 0 saturated carbocycles. The lowest BCUT2D eigenvalue weighted by Gasteiger charge is -2.16. The topological polar surface area (TPSA) is 46.5 Å². The zero-order chi connectivity index (χ0) is 23.1. The number of ether oxygens (including phenoxy) is 1. The predicted molar refractivity (Wildman–Crippen MR) is 123 cm³/mol. The van der Waals surface area contributed by atoms with Gasteiger partial charge in [0, 0.05) is 10.6 Å². The Hall–Kier alpha value is -2.71. The Morgan fingerprint density at radius 1 is 1.03 bits per heavy atom. The molecule has 0 heterocycles. The fourth-order valence-electron chi connectivity index (χ4n) is 3.02. The fourth-order valence-corrected chi connectivity index (χ4v) is 4.47. The highest BCUT2D eigenvalue weighted by Gasteiger charge is 2.33. The molecule has 3 rings (SSSR count). The summed E-state index contributed by atoms with van der Waals surface area (Å²) in [6.07, 6.45) is -2.68. The molecule has 0 aliphatic rings. The molecule has 0 aliphatic carbocycles. The average molecular weight is 523 g/mol. The van der Waals surface area contributed by atoms with Gasteiger partial charge in [0.1, 0.15) is 5.75 Å². The van der Waals surface area contributed by atoms with Crippen LogP contribution in [0, 0.1) is 0 Å². The molecule has 0 aromatic heterocycles. The van der Waals surface area contributed by atoms with Crippen LogP contribution in [0.2, 0.25) is 0 Å². The van der Waals surface area contributed by atoms with Crippen LogP contribution in [0.4, 0.5) is 13.2 Å². The molecule has 0 unspecified atom stereocenters. The lowest BCUT2D eigenvalue weighted by molar-refractivity contribution is -0.139. The van der Waals surface area contributed by atoms with E-state index in [9.17, 15) is 18.0 Å². The number of thioether (sulfide) groups is 1. The minimum Gasteiger partial charge on any atom is -0.481 e. The number of benzene rings is 3. The minimum atomic E-state index is -4.46. The summed E-state index contributed by atoms with van der Waals surface area (Å²) in [6, 6.07) is 19.7. The van der Waals surface area contributed by atoms with Crippen LogP contribution in [0.15, 0.2) is 88.2 Å². The summed E-state index contributed by atoms with van der Waals surface area (Å²) in [5.41, 5.74) is 0.656. The van der Waals surface area contributed by atoms with Gasteiger partial charge in [0.25, 0.3) is 0 Å². The molecule has 1 N–H and O–H groups in total. The van der Waals surface area contributed by atoms with E-state index in [0.29, 0.717) is 27.1 Å². The van der Waals surface area contributed by atoms with E-state index in [1.807, 2.05) is 6.07 Å². The maximum atomic E-state index is 13.6. The molecule has 0 amide bonds. The number of rotatable bonds is 8. The number of carboxylic acid groups (broad SMARTS) is 1. The lowest BCUT2D eigenvalue weighted by Crippen LogP contribution is -2.09. The summed E-state index contributed by atoms with van der Waals surface area (Å²) in [6.45, 7) is -0.452. The second-order valence-corrected chi connectivity index (χ2v) is 8.56. The largest absolute Gasteiger partial charge is 0.481 e. The second kappa shape index (κ2) is 10.7. The van der Waals surface area contributed by atoms with Crippen LogP contribution in [-0.2, 0) is 11.0 Å². The van der Waals surface area contributed by atoms with Gasteiger partial charge in [-0.05, 0) is 56.9 Å². The van der Waals surface area contributed by atoms with Gasteiger partial charge in [0.15, 0.2) is 6.61 Å². The van der Waals surface area contributed by atoms with Crippen molar-refractivity contribution in [3.8, 4) is 5.75 Å². The maximum Gasteiger partial charge on any atom is 0.417 e. The van der Waals surface area contributed by atoms with E-state index >= 15 is 0 Å². The van der Waals surface area contributed by atoms with Crippen molar-refractivity contribution in [3.63, 3.8) is 0 Å². The van der Waals surface area contributed by atoms with Crippen molar-refractivity contribution in [3.05, 3.63) is 100 Å². The summed E-state index contributed by atoms with van der Waals surface area (Å²) < 4.78 is 46.6. The molecule has 0 bridgehead atoms. The first-order valence-electron chi connectivity index (χ1n) is 9.45. The molecular weight excluding hydrogens is 505 g/mol. The average Bonchev–Trinajstić information content (AvgIpc) is 2.76. The summed E-state index contributed by atoms with van der Waals surface area (Å²) >= 11 is 4.79. The van der Waals surface area contributed by atoms with E-state index in [-0.39, 0.29) is 5.56 Å². The normalized spacial score (nSPS) is 11.9. The molecule has 0 radical (unpaired) electrons. The number of halogens is 4. The van der Waals surface area contributed by atoms with Crippen molar-refractivity contribution in [2.45, 2.75) is 11.1 Å². The molecule has 0 saturated heterocycles. The molecule has 0 fully saturated rings. The third-order valence-electron chi connectivity index (χ3n) is 4.40. The zero-order valence-electron chi connectivity index (χ0n) is 16.6. The first-order chi connectivity index (χ1) is 15.3. The summed E-state index contributed by atoms with van der Waals surface area (Å²) in [7, 11) is 0. The van der Waals surface area contributed by atoms with Crippen LogP contribution in [0.3, 0.4) is 0 Å². The molecular formula is C24H18BrF3O3S. The highest BCUT2D eigenvalue weighted by molar-refractivity contribution is 9.10. The third kappa shape index (κ3) is 6.40. The van der Waals surface area contributed by atoms with Crippen molar-refractivity contribution in [2.75, 3.05) is 12.4 Å². The Balaban J connectivity index is 1.86. The van der Waals surface area contributed by atoms with E-state index in [4.69, 9.17) is 9.84 Å². The predicted octanol–water partition coefficient (Wildman–Crippen LogP) is 7.16. The second-order valence-electron chi connectivity index (χ2n) is 6.61. The maximum absolute atomic E-state index is 13.6. The zero-order valence-corrected chi connectivity index (χ0v) is 19.0. The molecule has 3 aromatic carbocycles. The van der Waals surface area contributed by atoms with Crippen LogP contribution in [0.25, 0.3) is 5.57 Å². The van der Waals surface area contributed by atoms with Crippen LogP contribution < -0.4 is 4.74 Å². The van der Waals surface area contributed by atoms with Crippen LogP contribution in [-0.4, -0.2) is 23.4 Å². The Morgan fingerprint density at radius 3 is 2.38 bits per heavy atom. The van der Waals surface area contributed by atoms with Crippen molar-refractivity contribution in [1.82, 2.24) is 0 Å². The first-order valence-corrected chi connectivity index (χ1v) is 11.2. The van der Waals surface area contributed by atoms with E-state index in [0.717, 1.165) is 11.0 Å². The Morgan fingerprint density at radius 2 is 1.72 bits per heavy atom. The molecule has 166 valence electrons. The molecule has 0 atom stereocenters. The van der Waals surface area contributed by atoms with Gasteiger partial charge < -0.3 is 9.84 Å². The van der Waals surface area contributed by atoms with Crippen molar-refractivity contribution in [1.29, 1.82) is 0 Å². The number of hydrogen-bond acceptors (Lipinski definition) is 3. The SMILES string of the molecule is O=C(O)COc1ccc(SCC=C(c2ccccc2)c2ccccc2C(F)(F)F)cc1Br. The Labute approximate surface area is 196 Å². The molecule has 0 spiro atoms. The van der Waals surface area contributed by atoms with Gasteiger partial charge in [0.05, 0.1) is 10.0 Å². The van der Waals surface area contributed by atoms with E-state index in [1.54, 1.807) is 54.6 Å². The number of carboxylic acids is 1. The number of hydrogen-bond donors (Lipinski definition) is 1. The summed E-state index contributed by atoms with van der Waals surface area (Å²) in [4.78, 5) is 11.5. The minimum absolute atomic E-state index is 0.130. The summed E-state index contributed by atoms with van der Waals surface area (Å²) in [5, 5.41) is 8.72. The van der Waals surface area contributed by atoms with Crippen LogP contribution in [0.1, 0.15) is 16.7 Å². The highest BCUT2D eigenvalue weighted by atomic mass is 79.9. The number of aliphatic carboxylic acids is 1. The third-order valence-corrected chi connectivity index (χ3v) is 5.94. The van der Waals surface area contributed by atoms with Crippen LogP contribution >= 0.6 is 27.7 Å². The molecule has 32 heavy (non-hydrogen) atoms. The van der Waals surface area contributed by atoms with Crippen molar-refractivity contribution >= 4 is 39.2 Å². The van der Waals surface area contributed by atoms with Gasteiger partial charge in [-0.2, -0.15) is 13.2 Å². The van der Waals surface area contributed by atoms with Gasteiger partial charge in [-0.25, -0.2) is 4.79 Å². The molecule has 0 aliphatic heterocycles.